The number of anilines is 1. The minimum atomic E-state index is -3.69. The van der Waals surface area contributed by atoms with Gasteiger partial charge in [-0.2, -0.15) is 0 Å². The van der Waals surface area contributed by atoms with Crippen LogP contribution in [0.1, 0.15) is 11.3 Å². The van der Waals surface area contributed by atoms with Crippen molar-refractivity contribution in [3.05, 3.63) is 40.6 Å². The number of nitrogens with zero attached hydrogens (tertiary/aromatic N) is 1. The molecular formula is C14H15NO4S2. The molecule has 0 atom stereocenters. The summed E-state index contributed by atoms with van der Waals surface area (Å²) < 4.78 is 32.8. The first-order valence-electron chi connectivity index (χ1n) is 6.56. The summed E-state index contributed by atoms with van der Waals surface area (Å²) in [6, 6.07) is 8.65. The predicted molar refractivity (Wildman–Crippen MR) is 81.3 cm³/mol. The smallest absolute Gasteiger partial charge is 0.265 e. The normalized spacial score (nSPS) is 15.2. The van der Waals surface area contributed by atoms with Gasteiger partial charge in [0.05, 0.1) is 23.8 Å². The fourth-order valence-corrected chi connectivity index (χ4v) is 5.12. The molecule has 0 saturated carbocycles. The third-order valence-electron chi connectivity index (χ3n) is 3.31. The molecule has 5 nitrogen and oxygen atoms in total. The molecule has 1 aromatic heterocycles. The highest BCUT2D eigenvalue weighted by Crippen LogP contribution is 2.36. The monoisotopic (exact) mass is 325 g/mol. The molecule has 1 aliphatic heterocycles. The van der Waals surface area contributed by atoms with Gasteiger partial charge in [-0.05, 0) is 23.6 Å². The van der Waals surface area contributed by atoms with Gasteiger partial charge in [0.25, 0.3) is 10.0 Å². The van der Waals surface area contributed by atoms with Crippen molar-refractivity contribution < 1.29 is 18.3 Å². The van der Waals surface area contributed by atoms with Gasteiger partial charge >= 0.3 is 0 Å². The second-order valence-corrected chi connectivity index (χ2v) is 7.44. The summed E-state index contributed by atoms with van der Waals surface area (Å²) in [6.45, 7) is 0.567. The van der Waals surface area contributed by atoms with Crippen LogP contribution < -0.4 is 9.04 Å². The summed E-state index contributed by atoms with van der Waals surface area (Å²) in [5, 5.41) is 11.0. The summed E-state index contributed by atoms with van der Waals surface area (Å²) in [5.41, 5.74) is 0.546. The van der Waals surface area contributed by atoms with Crippen molar-refractivity contribution in [2.45, 2.75) is 17.9 Å². The minimum Gasteiger partial charge on any atom is -0.491 e. The van der Waals surface area contributed by atoms with Crippen molar-refractivity contribution in [1.82, 2.24) is 0 Å². The van der Waals surface area contributed by atoms with E-state index in [2.05, 4.69) is 0 Å². The average molecular weight is 325 g/mol. The van der Waals surface area contributed by atoms with E-state index in [1.54, 1.807) is 29.6 Å². The zero-order valence-corrected chi connectivity index (χ0v) is 12.9. The number of rotatable bonds is 3. The molecule has 0 aliphatic carbocycles. The summed E-state index contributed by atoms with van der Waals surface area (Å²) in [4.78, 5) is 0.629. The molecule has 1 N–H and O–H groups in total. The third kappa shape index (κ3) is 2.52. The Kier molecular flexibility index (Phi) is 3.88. The van der Waals surface area contributed by atoms with Crippen molar-refractivity contribution in [3.63, 3.8) is 0 Å². The second-order valence-electron chi connectivity index (χ2n) is 4.61. The maximum absolute atomic E-state index is 12.9. The molecule has 1 aliphatic rings. The Bertz CT molecular complexity index is 739. The van der Waals surface area contributed by atoms with E-state index in [-0.39, 0.29) is 11.5 Å². The summed E-state index contributed by atoms with van der Waals surface area (Å²) in [5.74, 6) is 0.569. The second kappa shape index (κ2) is 5.67. The lowest BCUT2D eigenvalue weighted by Gasteiger charge is -2.23. The number of hydrogen-bond donors (Lipinski definition) is 1. The minimum absolute atomic E-state index is 0.173. The molecule has 3 rings (SSSR count). The van der Waals surface area contributed by atoms with Crippen LogP contribution in [0.3, 0.4) is 0 Å². The van der Waals surface area contributed by atoms with Gasteiger partial charge in [0.2, 0.25) is 0 Å². The van der Waals surface area contributed by atoms with Gasteiger partial charge < -0.3 is 9.84 Å². The highest BCUT2D eigenvalue weighted by Gasteiger charge is 2.30. The molecule has 0 radical (unpaired) electrons. The highest BCUT2D eigenvalue weighted by atomic mass is 32.2. The highest BCUT2D eigenvalue weighted by molar-refractivity contribution is 7.93. The Balaban J connectivity index is 2.11. The molecule has 0 bridgehead atoms. The Morgan fingerprint density at radius 3 is 2.90 bits per heavy atom. The van der Waals surface area contributed by atoms with E-state index in [0.717, 1.165) is 0 Å². The number of benzene rings is 1. The first-order valence-corrected chi connectivity index (χ1v) is 8.88. The van der Waals surface area contributed by atoms with E-state index in [9.17, 15) is 13.5 Å². The van der Waals surface area contributed by atoms with E-state index < -0.39 is 10.0 Å². The summed E-state index contributed by atoms with van der Waals surface area (Å²) in [7, 11) is -3.69. The van der Waals surface area contributed by atoms with Crippen LogP contribution in [0, 0.1) is 0 Å². The van der Waals surface area contributed by atoms with Crippen LogP contribution in [-0.2, 0) is 16.6 Å². The molecule has 112 valence electrons. The van der Waals surface area contributed by atoms with Crippen LogP contribution in [0.4, 0.5) is 5.69 Å². The zero-order chi connectivity index (χ0) is 14.9. The van der Waals surface area contributed by atoms with Gasteiger partial charge in [-0.25, -0.2) is 8.42 Å². The zero-order valence-electron chi connectivity index (χ0n) is 11.2. The third-order valence-corrected chi connectivity index (χ3v) is 6.25. The molecule has 0 fully saturated rings. The SMILES string of the molecule is O=S(=O)(c1ccsc1CO)N1CCCOc2ccccc21. The van der Waals surface area contributed by atoms with Gasteiger partial charge in [-0.3, -0.25) is 4.31 Å². The lowest BCUT2D eigenvalue weighted by Crippen LogP contribution is -2.31. The van der Waals surface area contributed by atoms with Gasteiger partial charge in [0.15, 0.2) is 0 Å². The summed E-state index contributed by atoms with van der Waals surface area (Å²) in [6.07, 6.45) is 0.618. The lowest BCUT2D eigenvalue weighted by atomic mass is 10.3. The van der Waals surface area contributed by atoms with Crippen LogP contribution >= 0.6 is 11.3 Å². The van der Waals surface area contributed by atoms with Crippen molar-refractivity contribution in [1.29, 1.82) is 0 Å². The Labute approximate surface area is 127 Å². The average Bonchev–Trinajstić information content (AvgIpc) is 2.87. The standard InChI is InChI=1S/C14H15NO4S2/c16-10-13-14(6-9-20-13)21(17,18)15-7-3-8-19-12-5-2-1-4-11(12)15/h1-2,4-6,9,16H,3,7-8,10H2. The molecule has 0 spiro atoms. The van der Waals surface area contributed by atoms with Gasteiger partial charge in [0, 0.05) is 13.0 Å². The van der Waals surface area contributed by atoms with Crippen LogP contribution in [0.25, 0.3) is 0 Å². The number of fused-ring (bicyclic) bond motifs is 1. The number of sulfonamides is 1. The van der Waals surface area contributed by atoms with E-state index >= 15 is 0 Å². The van der Waals surface area contributed by atoms with E-state index in [1.165, 1.54) is 15.6 Å². The lowest BCUT2D eigenvalue weighted by molar-refractivity contribution is 0.282. The van der Waals surface area contributed by atoms with Crippen molar-refractivity contribution in [2.75, 3.05) is 17.5 Å². The topological polar surface area (TPSA) is 66.8 Å². The Morgan fingerprint density at radius 2 is 2.10 bits per heavy atom. The van der Waals surface area contributed by atoms with E-state index in [0.29, 0.717) is 35.9 Å². The molecule has 2 aromatic rings. The van der Waals surface area contributed by atoms with Gasteiger partial charge in [-0.15, -0.1) is 11.3 Å². The molecule has 0 saturated heterocycles. The largest absolute Gasteiger partial charge is 0.491 e. The molecule has 1 aromatic carbocycles. The Hall–Kier alpha value is -1.57. The number of aliphatic hydroxyl groups excluding tert-OH is 1. The van der Waals surface area contributed by atoms with Crippen molar-refractivity contribution in [3.8, 4) is 5.75 Å². The number of para-hydroxylation sites is 2. The number of ether oxygens (including phenoxy) is 1. The molecule has 2 heterocycles. The van der Waals surface area contributed by atoms with E-state index in [4.69, 9.17) is 4.74 Å². The summed E-state index contributed by atoms with van der Waals surface area (Å²) >= 11 is 1.24. The Morgan fingerprint density at radius 1 is 1.29 bits per heavy atom. The molecule has 0 unspecified atom stereocenters. The van der Waals surface area contributed by atoms with Crippen molar-refractivity contribution in [2.24, 2.45) is 0 Å². The molecule has 0 amide bonds. The fraction of sp³-hybridized carbons (Fsp3) is 0.286. The van der Waals surface area contributed by atoms with Crippen LogP contribution in [0.5, 0.6) is 5.75 Å². The van der Waals surface area contributed by atoms with Crippen LogP contribution in [0.15, 0.2) is 40.6 Å². The first-order chi connectivity index (χ1) is 10.1. The van der Waals surface area contributed by atoms with Crippen molar-refractivity contribution >= 4 is 27.0 Å². The maximum Gasteiger partial charge on any atom is 0.265 e. The molecular weight excluding hydrogens is 310 g/mol. The number of hydrogen-bond acceptors (Lipinski definition) is 5. The van der Waals surface area contributed by atoms with Gasteiger partial charge in [-0.1, -0.05) is 12.1 Å². The van der Waals surface area contributed by atoms with Gasteiger partial charge in [0.1, 0.15) is 10.6 Å². The first kappa shape index (κ1) is 14.4. The predicted octanol–water partition coefficient (Wildman–Crippen LogP) is 2.22. The number of aliphatic hydroxyl groups is 1. The fourth-order valence-electron chi connectivity index (χ4n) is 2.34. The van der Waals surface area contributed by atoms with Crippen LogP contribution in [-0.4, -0.2) is 26.7 Å². The molecule has 7 heteroatoms. The maximum atomic E-state index is 12.9. The van der Waals surface area contributed by atoms with E-state index in [1.807, 2.05) is 6.07 Å². The molecule has 21 heavy (non-hydrogen) atoms. The van der Waals surface area contributed by atoms with Crippen LogP contribution in [0.2, 0.25) is 0 Å². The quantitative estimate of drug-likeness (QED) is 0.939. The number of thiophene rings is 1.